The van der Waals surface area contributed by atoms with Crippen LogP contribution in [0, 0.1) is 0 Å². The van der Waals surface area contributed by atoms with Crippen LogP contribution in [0.4, 0.5) is 4.79 Å². The van der Waals surface area contributed by atoms with Crippen LogP contribution < -0.4 is 9.47 Å². The van der Waals surface area contributed by atoms with E-state index >= 15 is 0 Å². The highest BCUT2D eigenvalue weighted by Crippen LogP contribution is 2.42. The monoisotopic (exact) mass is 373 g/mol. The van der Waals surface area contributed by atoms with Gasteiger partial charge in [0.15, 0.2) is 17.3 Å². The summed E-state index contributed by atoms with van der Waals surface area (Å²) in [5.41, 5.74) is 0.158. The lowest BCUT2D eigenvalue weighted by Crippen LogP contribution is -2.50. The predicted octanol–water partition coefficient (Wildman–Crippen LogP) is 2.64. The lowest BCUT2D eigenvalue weighted by molar-refractivity contribution is 0.0390. The van der Waals surface area contributed by atoms with E-state index < -0.39 is 5.54 Å². The second-order valence-electron chi connectivity index (χ2n) is 6.80. The Labute approximate surface area is 157 Å². The first-order valence-electron chi connectivity index (χ1n) is 9.25. The Bertz CT molecular complexity index is 831. The van der Waals surface area contributed by atoms with Gasteiger partial charge in [0, 0.05) is 13.1 Å². The molecule has 0 atom stereocenters. The molecular weight excluding hydrogens is 350 g/mol. The zero-order chi connectivity index (χ0) is 18.9. The molecule has 1 saturated carbocycles. The minimum absolute atomic E-state index is 0.205. The van der Waals surface area contributed by atoms with Crippen molar-refractivity contribution in [2.24, 2.45) is 0 Å². The number of hydrogen-bond donors (Lipinski definition) is 0. The maximum atomic E-state index is 12.5. The van der Waals surface area contributed by atoms with E-state index in [9.17, 15) is 4.79 Å². The zero-order valence-corrected chi connectivity index (χ0v) is 15.6. The van der Waals surface area contributed by atoms with Gasteiger partial charge in [0.1, 0.15) is 5.54 Å². The van der Waals surface area contributed by atoms with E-state index in [0.29, 0.717) is 23.9 Å². The third kappa shape index (κ3) is 2.96. The SMILES string of the molecule is CCOC(=O)N(C)C1(c2nnnn2-c2ccc3c(c2)OCO3)CCCCC1. The van der Waals surface area contributed by atoms with Crippen LogP contribution in [-0.2, 0) is 10.3 Å². The number of benzene rings is 1. The van der Waals surface area contributed by atoms with Crippen LogP contribution in [0.1, 0.15) is 44.9 Å². The van der Waals surface area contributed by atoms with Crippen LogP contribution in [-0.4, -0.2) is 51.6 Å². The van der Waals surface area contributed by atoms with E-state index in [1.165, 1.54) is 0 Å². The fraction of sp³-hybridized carbons (Fsp3) is 0.556. The fourth-order valence-electron chi connectivity index (χ4n) is 3.91. The summed E-state index contributed by atoms with van der Waals surface area (Å²) in [7, 11) is 1.77. The summed E-state index contributed by atoms with van der Waals surface area (Å²) in [5.74, 6) is 1.99. The van der Waals surface area contributed by atoms with Crippen molar-refractivity contribution >= 4 is 6.09 Å². The second-order valence-corrected chi connectivity index (χ2v) is 6.80. The third-order valence-corrected chi connectivity index (χ3v) is 5.35. The number of carbonyl (C=O) groups excluding carboxylic acids is 1. The molecule has 4 rings (SSSR count). The van der Waals surface area contributed by atoms with Gasteiger partial charge in [-0.25, -0.2) is 4.79 Å². The van der Waals surface area contributed by atoms with Crippen molar-refractivity contribution in [3.63, 3.8) is 0 Å². The number of carbonyl (C=O) groups is 1. The normalized spacial score (nSPS) is 17.6. The van der Waals surface area contributed by atoms with Crippen molar-refractivity contribution in [1.29, 1.82) is 0 Å². The van der Waals surface area contributed by atoms with Gasteiger partial charge in [0.2, 0.25) is 6.79 Å². The molecule has 0 saturated heterocycles. The highest BCUT2D eigenvalue weighted by atomic mass is 16.7. The van der Waals surface area contributed by atoms with Crippen molar-refractivity contribution in [3.8, 4) is 17.2 Å². The Morgan fingerprint density at radius 1 is 1.26 bits per heavy atom. The molecule has 144 valence electrons. The van der Waals surface area contributed by atoms with E-state index in [4.69, 9.17) is 14.2 Å². The minimum Gasteiger partial charge on any atom is -0.454 e. The highest BCUT2D eigenvalue weighted by Gasteiger charge is 2.45. The van der Waals surface area contributed by atoms with Crippen LogP contribution >= 0.6 is 0 Å². The van der Waals surface area contributed by atoms with Gasteiger partial charge in [-0.2, -0.15) is 4.68 Å². The van der Waals surface area contributed by atoms with Gasteiger partial charge in [-0.05, 0) is 42.3 Å². The number of nitrogens with zero attached hydrogens (tertiary/aromatic N) is 5. The van der Waals surface area contributed by atoms with Gasteiger partial charge in [-0.1, -0.05) is 19.3 Å². The molecule has 9 nitrogen and oxygen atoms in total. The molecule has 1 aromatic heterocycles. The molecule has 9 heteroatoms. The first-order valence-corrected chi connectivity index (χ1v) is 9.25. The molecule has 27 heavy (non-hydrogen) atoms. The number of ether oxygens (including phenoxy) is 3. The molecule has 2 heterocycles. The van der Waals surface area contributed by atoms with Crippen LogP contribution in [0.5, 0.6) is 11.5 Å². The van der Waals surface area contributed by atoms with Crippen molar-refractivity contribution in [1.82, 2.24) is 25.1 Å². The van der Waals surface area contributed by atoms with E-state index in [2.05, 4.69) is 15.5 Å². The minimum atomic E-state index is -0.607. The first-order chi connectivity index (χ1) is 13.2. The summed E-state index contributed by atoms with van der Waals surface area (Å²) in [5, 5.41) is 12.4. The van der Waals surface area contributed by atoms with E-state index in [1.54, 1.807) is 23.6 Å². The molecule has 0 bridgehead atoms. The quantitative estimate of drug-likeness (QED) is 0.813. The van der Waals surface area contributed by atoms with Gasteiger partial charge in [-0.3, -0.25) is 4.90 Å². The predicted molar refractivity (Wildman–Crippen MR) is 94.8 cm³/mol. The Kier molecular flexibility index (Phi) is 4.59. The second kappa shape index (κ2) is 7.05. The van der Waals surface area contributed by atoms with Crippen LogP contribution in [0.3, 0.4) is 0 Å². The van der Waals surface area contributed by atoms with E-state index in [-0.39, 0.29) is 12.9 Å². The topological polar surface area (TPSA) is 91.6 Å². The van der Waals surface area contributed by atoms with E-state index in [1.807, 2.05) is 18.2 Å². The molecule has 1 fully saturated rings. The van der Waals surface area contributed by atoms with Gasteiger partial charge < -0.3 is 14.2 Å². The third-order valence-electron chi connectivity index (χ3n) is 5.35. The van der Waals surface area contributed by atoms with Gasteiger partial charge in [0.25, 0.3) is 0 Å². The maximum absolute atomic E-state index is 12.5. The Balaban J connectivity index is 1.76. The largest absolute Gasteiger partial charge is 0.454 e. The molecule has 0 spiro atoms. The molecule has 2 aromatic rings. The Hall–Kier alpha value is -2.84. The summed E-state index contributed by atoms with van der Waals surface area (Å²) in [6.45, 7) is 2.33. The highest BCUT2D eigenvalue weighted by molar-refractivity contribution is 5.68. The van der Waals surface area contributed by atoms with Crippen LogP contribution in [0.25, 0.3) is 5.69 Å². The average Bonchev–Trinajstić information content (AvgIpc) is 3.37. The summed E-state index contributed by atoms with van der Waals surface area (Å²) in [6.07, 6.45) is 4.33. The standard InChI is InChI=1S/C18H23N5O4/c1-3-25-17(24)22(2)18(9-5-4-6-10-18)16-19-20-21-23(16)13-7-8-14-15(11-13)27-12-26-14/h7-8,11H,3-6,9-10,12H2,1-2H3. The average molecular weight is 373 g/mol. The molecule has 0 N–H and O–H groups in total. The summed E-state index contributed by atoms with van der Waals surface area (Å²) in [4.78, 5) is 14.2. The number of tetrazole rings is 1. The molecule has 1 aromatic carbocycles. The number of fused-ring (bicyclic) bond motifs is 1. The number of aromatic nitrogens is 4. The van der Waals surface area contributed by atoms with Crippen molar-refractivity contribution in [3.05, 3.63) is 24.0 Å². The number of rotatable bonds is 4. The van der Waals surface area contributed by atoms with Gasteiger partial charge >= 0.3 is 6.09 Å². The Morgan fingerprint density at radius 3 is 2.81 bits per heavy atom. The lowest BCUT2D eigenvalue weighted by atomic mass is 9.79. The van der Waals surface area contributed by atoms with Crippen LogP contribution in [0.2, 0.25) is 0 Å². The maximum Gasteiger partial charge on any atom is 0.410 e. The first kappa shape index (κ1) is 17.6. The molecule has 2 aliphatic rings. The van der Waals surface area contributed by atoms with Crippen molar-refractivity contribution in [2.75, 3.05) is 20.4 Å². The van der Waals surface area contributed by atoms with E-state index in [0.717, 1.165) is 37.8 Å². The summed E-state index contributed by atoms with van der Waals surface area (Å²) in [6, 6.07) is 5.57. The van der Waals surface area contributed by atoms with Crippen molar-refractivity contribution < 1.29 is 19.0 Å². The van der Waals surface area contributed by atoms with Gasteiger partial charge in [-0.15, -0.1) is 5.10 Å². The van der Waals surface area contributed by atoms with Crippen molar-refractivity contribution in [2.45, 2.75) is 44.6 Å². The Morgan fingerprint density at radius 2 is 2.04 bits per heavy atom. The fourth-order valence-corrected chi connectivity index (χ4v) is 3.91. The summed E-state index contributed by atoms with van der Waals surface area (Å²) < 4.78 is 17.8. The zero-order valence-electron chi connectivity index (χ0n) is 15.6. The number of amides is 1. The molecule has 1 aliphatic heterocycles. The summed E-state index contributed by atoms with van der Waals surface area (Å²) >= 11 is 0. The van der Waals surface area contributed by atoms with Crippen LogP contribution in [0.15, 0.2) is 18.2 Å². The molecule has 1 aliphatic carbocycles. The molecule has 0 unspecified atom stereocenters. The molecule has 1 amide bonds. The van der Waals surface area contributed by atoms with Gasteiger partial charge in [0.05, 0.1) is 12.3 Å². The smallest absolute Gasteiger partial charge is 0.410 e. The molecule has 0 radical (unpaired) electrons. The lowest BCUT2D eigenvalue weighted by Gasteiger charge is -2.42. The molecular formula is C18H23N5O4. The number of hydrogen-bond acceptors (Lipinski definition) is 7.